The Morgan fingerprint density at radius 1 is 1.38 bits per heavy atom. The largest absolute Gasteiger partial charge is 0.478 e. The Labute approximate surface area is 129 Å². The number of hydrogen-bond donors (Lipinski definition) is 2. The second kappa shape index (κ2) is 5.94. The molecular formula is C14H18ClNO4S. The van der Waals surface area contributed by atoms with Crippen LogP contribution < -0.4 is 4.72 Å². The van der Waals surface area contributed by atoms with Crippen LogP contribution in [0, 0.1) is 5.41 Å². The van der Waals surface area contributed by atoms with E-state index in [-0.39, 0.29) is 20.9 Å². The van der Waals surface area contributed by atoms with Crippen LogP contribution in [-0.4, -0.2) is 26.0 Å². The number of sulfonamides is 1. The van der Waals surface area contributed by atoms with Gasteiger partial charge < -0.3 is 5.11 Å². The lowest BCUT2D eigenvalue weighted by Crippen LogP contribution is -2.34. The van der Waals surface area contributed by atoms with Gasteiger partial charge in [-0.2, -0.15) is 0 Å². The Hall–Kier alpha value is -1.11. The molecular weight excluding hydrogens is 314 g/mol. The number of aromatic carboxylic acids is 1. The van der Waals surface area contributed by atoms with Gasteiger partial charge in [-0.05, 0) is 36.5 Å². The molecule has 0 saturated heterocycles. The molecule has 0 heterocycles. The summed E-state index contributed by atoms with van der Waals surface area (Å²) in [5.41, 5.74) is -0.115. The van der Waals surface area contributed by atoms with E-state index in [2.05, 4.69) is 11.6 Å². The summed E-state index contributed by atoms with van der Waals surface area (Å²) in [5, 5.41) is 8.80. The maximum absolute atomic E-state index is 12.2. The fraction of sp³-hybridized carbons (Fsp3) is 0.500. The van der Waals surface area contributed by atoms with E-state index in [0.717, 1.165) is 25.7 Å². The van der Waals surface area contributed by atoms with Gasteiger partial charge in [0.15, 0.2) is 0 Å². The number of carbonyl (C=O) groups is 1. The SMILES string of the molecule is CC1(CNS(=O)(=O)c2ccc(C(=O)O)c(Cl)c2)CCCC1. The number of rotatable bonds is 5. The predicted molar refractivity (Wildman–Crippen MR) is 80.2 cm³/mol. The lowest BCUT2D eigenvalue weighted by atomic mass is 9.89. The summed E-state index contributed by atoms with van der Waals surface area (Å²) in [6, 6.07) is 3.63. The summed E-state index contributed by atoms with van der Waals surface area (Å²) >= 11 is 5.81. The first-order valence-corrected chi connectivity index (χ1v) is 8.62. The van der Waals surface area contributed by atoms with Gasteiger partial charge in [-0.25, -0.2) is 17.9 Å². The molecule has 1 aromatic carbocycles. The molecule has 0 amide bonds. The van der Waals surface area contributed by atoms with Crippen LogP contribution in [0.25, 0.3) is 0 Å². The van der Waals surface area contributed by atoms with Gasteiger partial charge in [0.2, 0.25) is 10.0 Å². The highest BCUT2D eigenvalue weighted by atomic mass is 35.5. The standard InChI is InChI=1S/C14H18ClNO4S/c1-14(6-2-3-7-14)9-16-21(19,20)10-4-5-11(13(17)18)12(15)8-10/h4-5,8,16H,2-3,6-7,9H2,1H3,(H,17,18). The molecule has 1 saturated carbocycles. The molecule has 0 bridgehead atoms. The predicted octanol–water partition coefficient (Wildman–Crippen LogP) is 2.90. The molecule has 21 heavy (non-hydrogen) atoms. The van der Waals surface area contributed by atoms with E-state index in [4.69, 9.17) is 16.7 Å². The molecule has 1 aromatic rings. The maximum atomic E-state index is 12.2. The minimum atomic E-state index is -3.68. The van der Waals surface area contributed by atoms with Gasteiger partial charge in [0.1, 0.15) is 0 Å². The molecule has 1 fully saturated rings. The molecule has 116 valence electrons. The smallest absolute Gasteiger partial charge is 0.337 e. The van der Waals surface area contributed by atoms with Crippen molar-refractivity contribution in [2.45, 2.75) is 37.5 Å². The van der Waals surface area contributed by atoms with Crippen molar-refractivity contribution in [1.29, 1.82) is 0 Å². The summed E-state index contributed by atoms with van der Waals surface area (Å²) in [6.07, 6.45) is 4.26. The zero-order valence-corrected chi connectivity index (χ0v) is 13.3. The molecule has 0 atom stereocenters. The third-order valence-corrected chi connectivity index (χ3v) is 5.69. The molecule has 5 nitrogen and oxygen atoms in total. The van der Waals surface area contributed by atoms with Crippen molar-refractivity contribution in [3.05, 3.63) is 28.8 Å². The van der Waals surface area contributed by atoms with Gasteiger partial charge in [-0.3, -0.25) is 0 Å². The molecule has 0 radical (unpaired) electrons. The summed E-state index contributed by atoms with van der Waals surface area (Å²) in [5.74, 6) is -1.18. The van der Waals surface area contributed by atoms with E-state index >= 15 is 0 Å². The van der Waals surface area contributed by atoms with Crippen LogP contribution in [0.4, 0.5) is 0 Å². The lowest BCUT2D eigenvalue weighted by Gasteiger charge is -2.23. The number of carboxylic acids is 1. The quantitative estimate of drug-likeness (QED) is 0.869. The molecule has 2 rings (SSSR count). The van der Waals surface area contributed by atoms with Gasteiger partial charge in [-0.1, -0.05) is 31.4 Å². The van der Waals surface area contributed by atoms with Crippen molar-refractivity contribution in [3.63, 3.8) is 0 Å². The van der Waals surface area contributed by atoms with Gasteiger partial charge in [-0.15, -0.1) is 0 Å². The van der Waals surface area contributed by atoms with Crippen molar-refractivity contribution >= 4 is 27.6 Å². The Morgan fingerprint density at radius 3 is 2.52 bits per heavy atom. The van der Waals surface area contributed by atoms with Crippen LogP contribution in [0.3, 0.4) is 0 Å². The molecule has 0 aromatic heterocycles. The van der Waals surface area contributed by atoms with E-state index < -0.39 is 16.0 Å². The van der Waals surface area contributed by atoms with Crippen molar-refractivity contribution in [1.82, 2.24) is 4.72 Å². The Kier molecular flexibility index (Phi) is 4.60. The molecule has 0 aliphatic heterocycles. The number of halogens is 1. The second-order valence-electron chi connectivity index (χ2n) is 5.79. The number of benzene rings is 1. The number of carboxylic acid groups (broad SMARTS) is 1. The third-order valence-electron chi connectivity index (χ3n) is 3.98. The minimum absolute atomic E-state index is 0.00211. The fourth-order valence-corrected chi connectivity index (χ4v) is 4.15. The zero-order valence-electron chi connectivity index (χ0n) is 11.7. The number of hydrogen-bond acceptors (Lipinski definition) is 3. The third kappa shape index (κ3) is 3.75. The van der Waals surface area contributed by atoms with Crippen LogP contribution in [-0.2, 0) is 10.0 Å². The first kappa shape index (κ1) is 16.3. The Balaban J connectivity index is 2.16. The number of nitrogens with one attached hydrogen (secondary N) is 1. The average Bonchev–Trinajstić information content (AvgIpc) is 2.84. The van der Waals surface area contributed by atoms with E-state index in [1.807, 2.05) is 0 Å². The van der Waals surface area contributed by atoms with Crippen LogP contribution in [0.2, 0.25) is 5.02 Å². The van der Waals surface area contributed by atoms with E-state index in [1.54, 1.807) is 0 Å². The summed E-state index contributed by atoms with van der Waals surface area (Å²) in [7, 11) is -3.68. The van der Waals surface area contributed by atoms with Crippen molar-refractivity contribution < 1.29 is 18.3 Å². The fourth-order valence-electron chi connectivity index (χ4n) is 2.59. The van der Waals surface area contributed by atoms with Crippen LogP contribution in [0.1, 0.15) is 43.0 Å². The monoisotopic (exact) mass is 331 g/mol. The van der Waals surface area contributed by atoms with Crippen molar-refractivity contribution in [2.24, 2.45) is 5.41 Å². The highest BCUT2D eigenvalue weighted by Crippen LogP contribution is 2.37. The highest BCUT2D eigenvalue weighted by molar-refractivity contribution is 7.89. The Morgan fingerprint density at radius 2 is 2.00 bits per heavy atom. The normalized spacial score (nSPS) is 17.8. The average molecular weight is 332 g/mol. The zero-order chi connectivity index (χ0) is 15.7. The molecule has 0 spiro atoms. The van der Waals surface area contributed by atoms with Crippen molar-refractivity contribution in [3.8, 4) is 0 Å². The summed E-state index contributed by atoms with van der Waals surface area (Å²) < 4.78 is 27.1. The lowest BCUT2D eigenvalue weighted by molar-refractivity contribution is 0.0697. The highest BCUT2D eigenvalue weighted by Gasteiger charge is 2.30. The molecule has 0 unspecified atom stereocenters. The van der Waals surface area contributed by atoms with Gasteiger partial charge >= 0.3 is 5.97 Å². The Bertz CT molecular complexity index is 651. The maximum Gasteiger partial charge on any atom is 0.337 e. The van der Waals surface area contributed by atoms with Gasteiger partial charge in [0.05, 0.1) is 15.5 Å². The summed E-state index contributed by atoms with van der Waals surface area (Å²) in [4.78, 5) is 10.9. The van der Waals surface area contributed by atoms with E-state index in [1.165, 1.54) is 18.2 Å². The second-order valence-corrected chi connectivity index (χ2v) is 7.96. The summed E-state index contributed by atoms with van der Waals surface area (Å²) in [6.45, 7) is 2.46. The minimum Gasteiger partial charge on any atom is -0.478 e. The molecule has 7 heteroatoms. The van der Waals surface area contributed by atoms with E-state index in [9.17, 15) is 13.2 Å². The first-order valence-electron chi connectivity index (χ1n) is 6.76. The topological polar surface area (TPSA) is 83.5 Å². The first-order chi connectivity index (χ1) is 9.73. The molecule has 1 aliphatic rings. The van der Waals surface area contributed by atoms with Crippen molar-refractivity contribution in [2.75, 3.05) is 6.54 Å². The van der Waals surface area contributed by atoms with Crippen LogP contribution in [0.5, 0.6) is 0 Å². The van der Waals surface area contributed by atoms with Crippen LogP contribution >= 0.6 is 11.6 Å². The van der Waals surface area contributed by atoms with E-state index in [0.29, 0.717) is 6.54 Å². The molecule has 1 aliphatic carbocycles. The van der Waals surface area contributed by atoms with Gasteiger partial charge in [0.25, 0.3) is 0 Å². The van der Waals surface area contributed by atoms with Crippen LogP contribution in [0.15, 0.2) is 23.1 Å². The van der Waals surface area contributed by atoms with Gasteiger partial charge in [0, 0.05) is 6.54 Å². The molecule has 2 N–H and O–H groups in total.